The van der Waals surface area contributed by atoms with Crippen molar-refractivity contribution < 1.29 is 0 Å². The van der Waals surface area contributed by atoms with Gasteiger partial charge in [-0.2, -0.15) is 0 Å². The van der Waals surface area contributed by atoms with E-state index >= 15 is 0 Å². The van der Waals surface area contributed by atoms with Gasteiger partial charge in [0.1, 0.15) is 0 Å². The Kier molecular flexibility index (Phi) is 4.78. The van der Waals surface area contributed by atoms with Gasteiger partial charge in [-0.25, -0.2) is 0 Å². The molecule has 0 aromatic heterocycles. The third-order valence-corrected chi connectivity index (χ3v) is 2.53. The van der Waals surface area contributed by atoms with Gasteiger partial charge in [0, 0.05) is 10.8 Å². The first kappa shape index (κ1) is 8.58. The molecule has 0 nitrogen and oxygen atoms in total. The lowest BCUT2D eigenvalue weighted by atomic mass is 10.2. The van der Waals surface area contributed by atoms with Gasteiger partial charge in [0.25, 0.3) is 0 Å². The maximum Gasteiger partial charge on any atom is 0.0497 e. The molecule has 0 N–H and O–H groups in total. The lowest BCUT2D eigenvalue weighted by Gasteiger charge is -2.09. The fourth-order valence-electron chi connectivity index (χ4n) is 0.512. The minimum atomic E-state index is 0.154. The fourth-order valence-corrected chi connectivity index (χ4v) is 0.868. The third kappa shape index (κ3) is 2.78. The van der Waals surface area contributed by atoms with E-state index in [-0.39, 0.29) is 10.8 Å². The minimum Gasteiger partial charge on any atom is -0.121 e. The topological polar surface area (TPSA) is 0 Å². The van der Waals surface area contributed by atoms with Crippen molar-refractivity contribution in [2.45, 2.75) is 37.4 Å². The van der Waals surface area contributed by atoms with Gasteiger partial charge in [-0.05, 0) is 12.8 Å². The summed E-state index contributed by atoms with van der Waals surface area (Å²) in [5, 5.41) is 0.309. The van der Waals surface area contributed by atoms with Crippen LogP contribution in [-0.2, 0) is 0 Å². The molecule has 50 valence electrons. The van der Waals surface area contributed by atoms with Crippen molar-refractivity contribution in [1.82, 2.24) is 0 Å². The van der Waals surface area contributed by atoms with Crippen LogP contribution in [0.5, 0.6) is 0 Å². The second kappa shape index (κ2) is 4.46. The van der Waals surface area contributed by atoms with Crippen LogP contribution in [0.15, 0.2) is 0 Å². The number of hydrogen-bond acceptors (Lipinski definition) is 0. The lowest BCUT2D eigenvalue weighted by molar-refractivity contribution is 0.720. The molecule has 8 heavy (non-hydrogen) atoms. The van der Waals surface area contributed by atoms with Crippen LogP contribution in [0.2, 0.25) is 0 Å². The molecule has 0 amide bonds. The Morgan fingerprint density at radius 2 is 1.25 bits per heavy atom. The van der Waals surface area contributed by atoms with E-state index in [0.717, 1.165) is 12.8 Å². The van der Waals surface area contributed by atoms with Crippen molar-refractivity contribution in [2.24, 2.45) is 0 Å². The van der Waals surface area contributed by atoms with Gasteiger partial charge in [-0.3, -0.25) is 0 Å². The first-order chi connectivity index (χ1) is 3.72. The van der Waals surface area contributed by atoms with Crippen molar-refractivity contribution in [3.8, 4) is 0 Å². The van der Waals surface area contributed by atoms with Crippen molar-refractivity contribution in [3.05, 3.63) is 0 Å². The van der Waals surface area contributed by atoms with E-state index in [1.165, 1.54) is 0 Å². The molecule has 0 saturated heterocycles. The molecule has 0 saturated carbocycles. The van der Waals surface area contributed by atoms with Gasteiger partial charge >= 0.3 is 0 Å². The van der Waals surface area contributed by atoms with Gasteiger partial charge in [0.2, 0.25) is 0 Å². The first-order valence-corrected chi connectivity index (χ1v) is 3.87. The van der Waals surface area contributed by atoms with E-state index in [1.54, 1.807) is 0 Å². The third-order valence-electron chi connectivity index (χ3n) is 1.17. The van der Waals surface area contributed by atoms with Crippen LogP contribution in [0.25, 0.3) is 0 Å². The predicted octanol–water partition coefficient (Wildman–Crippen LogP) is 3.02. The molecule has 2 unspecified atom stereocenters. The average Bonchev–Trinajstić information content (AvgIpc) is 1.84. The summed E-state index contributed by atoms with van der Waals surface area (Å²) in [6.07, 6.45) is 1.92. The second-order valence-corrected chi connectivity index (χ2v) is 2.97. The summed E-state index contributed by atoms with van der Waals surface area (Å²) < 4.78 is 0. The molecule has 0 spiro atoms. The molecular weight excluding hydrogens is 143 g/mol. The van der Waals surface area contributed by atoms with Crippen molar-refractivity contribution in [2.75, 3.05) is 0 Å². The molecule has 0 rings (SSSR count). The van der Waals surface area contributed by atoms with Gasteiger partial charge in [-0.15, -0.1) is 23.2 Å². The number of rotatable bonds is 3. The molecular formula is C6H12Cl2. The van der Waals surface area contributed by atoms with Crippen LogP contribution < -0.4 is 0 Å². The summed E-state index contributed by atoms with van der Waals surface area (Å²) in [6, 6.07) is 0. The highest BCUT2D eigenvalue weighted by Gasteiger charge is 2.10. The van der Waals surface area contributed by atoms with Crippen LogP contribution in [0.1, 0.15) is 26.7 Å². The highest BCUT2D eigenvalue weighted by atomic mass is 35.5. The fraction of sp³-hybridized carbons (Fsp3) is 1.00. The Hall–Kier alpha value is 0.580. The SMILES string of the molecule is CCC(Cl)C(Cl)CC. The summed E-state index contributed by atoms with van der Waals surface area (Å²) in [7, 11) is 0. The molecule has 0 radical (unpaired) electrons. The molecule has 2 atom stereocenters. The Bertz CT molecular complexity index is 46.5. The second-order valence-electron chi connectivity index (χ2n) is 1.85. The number of hydrogen-bond donors (Lipinski definition) is 0. The first-order valence-electron chi connectivity index (χ1n) is 3.00. The summed E-state index contributed by atoms with van der Waals surface area (Å²) in [5.74, 6) is 0. The number of alkyl halides is 2. The maximum absolute atomic E-state index is 5.78. The molecule has 0 heterocycles. The van der Waals surface area contributed by atoms with E-state index in [4.69, 9.17) is 23.2 Å². The normalized spacial score (nSPS) is 18.0. The summed E-state index contributed by atoms with van der Waals surface area (Å²) >= 11 is 11.6. The largest absolute Gasteiger partial charge is 0.121 e. The molecule has 0 aliphatic rings. The van der Waals surface area contributed by atoms with E-state index < -0.39 is 0 Å². The van der Waals surface area contributed by atoms with Gasteiger partial charge < -0.3 is 0 Å². The van der Waals surface area contributed by atoms with Gasteiger partial charge in [0.15, 0.2) is 0 Å². The number of halogens is 2. The molecule has 0 aromatic rings. The zero-order valence-corrected chi connectivity index (χ0v) is 6.84. The molecule has 2 heteroatoms. The van der Waals surface area contributed by atoms with E-state index in [0.29, 0.717) is 0 Å². The van der Waals surface area contributed by atoms with Gasteiger partial charge in [-0.1, -0.05) is 13.8 Å². The van der Waals surface area contributed by atoms with Crippen molar-refractivity contribution in [1.29, 1.82) is 0 Å². The highest BCUT2D eigenvalue weighted by molar-refractivity contribution is 6.29. The Labute approximate surface area is 61.2 Å². The van der Waals surface area contributed by atoms with Crippen LogP contribution in [0.4, 0.5) is 0 Å². The van der Waals surface area contributed by atoms with E-state index in [1.807, 2.05) is 13.8 Å². The molecule has 0 aliphatic carbocycles. The van der Waals surface area contributed by atoms with E-state index in [2.05, 4.69) is 0 Å². The Morgan fingerprint density at radius 1 is 1.00 bits per heavy atom. The molecule has 0 fully saturated rings. The molecule has 0 aromatic carbocycles. The summed E-state index contributed by atoms with van der Waals surface area (Å²) in [4.78, 5) is 0. The highest BCUT2D eigenvalue weighted by Crippen LogP contribution is 2.15. The predicted molar refractivity (Wildman–Crippen MR) is 39.9 cm³/mol. The Morgan fingerprint density at radius 3 is 1.38 bits per heavy atom. The smallest absolute Gasteiger partial charge is 0.0497 e. The van der Waals surface area contributed by atoms with Crippen molar-refractivity contribution >= 4 is 23.2 Å². The zero-order chi connectivity index (χ0) is 6.57. The monoisotopic (exact) mass is 154 g/mol. The van der Waals surface area contributed by atoms with Crippen LogP contribution in [-0.4, -0.2) is 10.8 Å². The quantitative estimate of drug-likeness (QED) is 0.549. The standard InChI is InChI=1S/C6H12Cl2/c1-3-5(7)6(8)4-2/h5-6H,3-4H2,1-2H3. The lowest BCUT2D eigenvalue weighted by Crippen LogP contribution is -2.11. The van der Waals surface area contributed by atoms with Crippen molar-refractivity contribution in [3.63, 3.8) is 0 Å². The van der Waals surface area contributed by atoms with Crippen LogP contribution in [0.3, 0.4) is 0 Å². The average molecular weight is 155 g/mol. The van der Waals surface area contributed by atoms with Gasteiger partial charge in [0.05, 0.1) is 0 Å². The summed E-state index contributed by atoms with van der Waals surface area (Å²) in [5.41, 5.74) is 0. The molecule has 0 aliphatic heterocycles. The van der Waals surface area contributed by atoms with Crippen LogP contribution in [0, 0.1) is 0 Å². The van der Waals surface area contributed by atoms with E-state index in [9.17, 15) is 0 Å². The van der Waals surface area contributed by atoms with Crippen LogP contribution >= 0.6 is 23.2 Å². The maximum atomic E-state index is 5.78. The minimum absolute atomic E-state index is 0.154. The zero-order valence-electron chi connectivity index (χ0n) is 5.32. The summed E-state index contributed by atoms with van der Waals surface area (Å²) in [6.45, 7) is 4.09. The molecule has 0 bridgehead atoms. The Balaban J connectivity index is 3.29.